The zero-order valence-electron chi connectivity index (χ0n) is 22.4. The lowest BCUT2D eigenvalue weighted by Gasteiger charge is -2.32. The summed E-state index contributed by atoms with van der Waals surface area (Å²) < 4.78 is 28.9. The SMILES string of the molecule is CCNC(=O)C(C)N(Cc1cccc(C)c1)C(=O)CN(c1cc(Cl)ccc1C)S(=O)(=O)c1ccc(C)cc1. The fourth-order valence-corrected chi connectivity index (χ4v) is 5.75. The molecule has 0 aliphatic heterocycles. The number of hydrogen-bond donors (Lipinski definition) is 1. The van der Waals surface area contributed by atoms with Crippen LogP contribution in [-0.4, -0.2) is 44.3 Å². The van der Waals surface area contributed by atoms with Gasteiger partial charge < -0.3 is 10.2 Å². The van der Waals surface area contributed by atoms with Gasteiger partial charge in [0.2, 0.25) is 11.8 Å². The maximum atomic E-state index is 13.9. The average Bonchev–Trinajstić information content (AvgIpc) is 2.87. The van der Waals surface area contributed by atoms with Gasteiger partial charge >= 0.3 is 0 Å². The van der Waals surface area contributed by atoms with Crippen molar-refractivity contribution in [3.05, 3.63) is 94.0 Å². The molecule has 0 aliphatic carbocycles. The first-order valence-electron chi connectivity index (χ1n) is 12.4. The van der Waals surface area contributed by atoms with Crippen molar-refractivity contribution in [3.63, 3.8) is 0 Å². The van der Waals surface area contributed by atoms with E-state index in [9.17, 15) is 18.0 Å². The predicted molar refractivity (Wildman–Crippen MR) is 152 cm³/mol. The van der Waals surface area contributed by atoms with Gasteiger partial charge in [-0.1, -0.05) is 65.2 Å². The van der Waals surface area contributed by atoms with Gasteiger partial charge in [-0.2, -0.15) is 0 Å². The van der Waals surface area contributed by atoms with Crippen LogP contribution in [0.25, 0.3) is 0 Å². The highest BCUT2D eigenvalue weighted by Crippen LogP contribution is 2.30. The molecule has 0 heterocycles. The Kier molecular flexibility index (Phi) is 9.57. The van der Waals surface area contributed by atoms with Crippen LogP contribution in [0.3, 0.4) is 0 Å². The van der Waals surface area contributed by atoms with Crippen molar-refractivity contribution in [2.45, 2.75) is 52.1 Å². The van der Waals surface area contributed by atoms with E-state index in [1.54, 1.807) is 45.0 Å². The third kappa shape index (κ3) is 6.94. The normalized spacial score (nSPS) is 12.1. The van der Waals surface area contributed by atoms with Crippen LogP contribution in [-0.2, 0) is 26.2 Å². The summed E-state index contributed by atoms with van der Waals surface area (Å²) in [5.74, 6) is -0.833. The lowest BCUT2D eigenvalue weighted by atomic mass is 10.1. The number of rotatable bonds is 10. The molecule has 3 rings (SSSR count). The minimum absolute atomic E-state index is 0.0530. The molecule has 202 valence electrons. The fraction of sp³-hybridized carbons (Fsp3) is 0.310. The topological polar surface area (TPSA) is 86.8 Å². The number of nitrogens with zero attached hydrogens (tertiary/aromatic N) is 2. The van der Waals surface area contributed by atoms with Crippen LogP contribution in [0.5, 0.6) is 0 Å². The van der Waals surface area contributed by atoms with E-state index >= 15 is 0 Å². The van der Waals surface area contributed by atoms with Crippen LogP contribution in [0, 0.1) is 20.8 Å². The smallest absolute Gasteiger partial charge is 0.264 e. The summed E-state index contributed by atoms with van der Waals surface area (Å²) in [6, 6.07) is 18.2. The van der Waals surface area contributed by atoms with E-state index in [1.165, 1.54) is 23.1 Å². The van der Waals surface area contributed by atoms with Crippen molar-refractivity contribution >= 4 is 39.1 Å². The maximum Gasteiger partial charge on any atom is 0.264 e. The van der Waals surface area contributed by atoms with Crippen molar-refractivity contribution in [1.29, 1.82) is 0 Å². The second-order valence-electron chi connectivity index (χ2n) is 9.34. The highest BCUT2D eigenvalue weighted by molar-refractivity contribution is 7.92. The number of halogens is 1. The standard InChI is InChI=1S/C29H34ClN3O4S/c1-6-31-29(35)23(5)32(18-24-9-7-8-21(3)16-24)28(34)19-33(27-17-25(30)13-12-22(27)4)38(36,37)26-14-10-20(2)11-15-26/h7-17,23H,6,18-19H2,1-5H3,(H,31,35). The third-order valence-electron chi connectivity index (χ3n) is 6.28. The van der Waals surface area contributed by atoms with Crippen LogP contribution in [0.2, 0.25) is 5.02 Å². The summed E-state index contributed by atoms with van der Waals surface area (Å²) in [6.45, 7) is 9.06. The molecule has 38 heavy (non-hydrogen) atoms. The number of benzene rings is 3. The number of carbonyl (C=O) groups is 2. The van der Waals surface area contributed by atoms with Gasteiger partial charge in [0.25, 0.3) is 10.0 Å². The molecule has 0 aromatic heterocycles. The molecule has 0 spiro atoms. The Labute approximate surface area is 230 Å². The Morgan fingerprint density at radius 3 is 2.26 bits per heavy atom. The van der Waals surface area contributed by atoms with Gasteiger partial charge in [0.05, 0.1) is 10.6 Å². The summed E-state index contributed by atoms with van der Waals surface area (Å²) in [5, 5.41) is 3.10. The molecule has 1 N–H and O–H groups in total. The molecule has 7 nitrogen and oxygen atoms in total. The average molecular weight is 556 g/mol. The van der Waals surface area contributed by atoms with Crippen molar-refractivity contribution in [2.24, 2.45) is 0 Å². The van der Waals surface area contributed by atoms with Crippen molar-refractivity contribution in [3.8, 4) is 0 Å². The van der Waals surface area contributed by atoms with Gasteiger partial charge in [0.15, 0.2) is 0 Å². The molecule has 0 radical (unpaired) electrons. The lowest BCUT2D eigenvalue weighted by Crippen LogP contribution is -2.51. The molecule has 0 fully saturated rings. The zero-order chi connectivity index (χ0) is 28.0. The number of anilines is 1. The minimum atomic E-state index is -4.15. The van der Waals surface area contributed by atoms with E-state index in [0.29, 0.717) is 22.8 Å². The number of amides is 2. The number of nitrogens with one attached hydrogen (secondary N) is 1. The van der Waals surface area contributed by atoms with Crippen molar-refractivity contribution < 1.29 is 18.0 Å². The Morgan fingerprint density at radius 2 is 1.63 bits per heavy atom. The highest BCUT2D eigenvalue weighted by atomic mass is 35.5. The highest BCUT2D eigenvalue weighted by Gasteiger charge is 2.33. The van der Waals surface area contributed by atoms with E-state index in [0.717, 1.165) is 21.0 Å². The van der Waals surface area contributed by atoms with Crippen LogP contribution in [0.1, 0.15) is 36.1 Å². The van der Waals surface area contributed by atoms with Crippen LogP contribution in [0.4, 0.5) is 5.69 Å². The van der Waals surface area contributed by atoms with E-state index in [4.69, 9.17) is 11.6 Å². The molecule has 9 heteroatoms. The van der Waals surface area contributed by atoms with Crippen LogP contribution in [0.15, 0.2) is 71.6 Å². The summed E-state index contributed by atoms with van der Waals surface area (Å²) in [6.07, 6.45) is 0. The van der Waals surface area contributed by atoms with Gasteiger partial charge in [-0.15, -0.1) is 0 Å². The molecule has 0 saturated heterocycles. The summed E-state index contributed by atoms with van der Waals surface area (Å²) >= 11 is 6.26. The van der Waals surface area contributed by atoms with Crippen molar-refractivity contribution in [2.75, 3.05) is 17.4 Å². The second-order valence-corrected chi connectivity index (χ2v) is 11.6. The lowest BCUT2D eigenvalue weighted by molar-refractivity contribution is -0.139. The fourth-order valence-electron chi connectivity index (χ4n) is 4.11. The number of hydrogen-bond acceptors (Lipinski definition) is 4. The third-order valence-corrected chi connectivity index (χ3v) is 8.29. The largest absolute Gasteiger partial charge is 0.355 e. The second kappa shape index (κ2) is 12.5. The molecular weight excluding hydrogens is 522 g/mol. The van der Waals surface area contributed by atoms with Crippen molar-refractivity contribution in [1.82, 2.24) is 10.2 Å². The Bertz CT molecular complexity index is 1410. The number of likely N-dealkylation sites (N-methyl/N-ethyl adjacent to an activating group) is 1. The number of carbonyl (C=O) groups excluding carboxylic acids is 2. The monoisotopic (exact) mass is 555 g/mol. The molecular formula is C29H34ClN3O4S. The van der Waals surface area contributed by atoms with E-state index in [-0.39, 0.29) is 17.3 Å². The predicted octanol–water partition coefficient (Wildman–Crippen LogP) is 5.01. The Balaban J connectivity index is 2.08. The molecule has 0 bridgehead atoms. The number of aryl methyl sites for hydroxylation is 3. The van der Waals surface area contributed by atoms with Gasteiger partial charge in [0, 0.05) is 18.1 Å². The molecule has 0 aliphatic rings. The van der Waals surface area contributed by atoms with E-state index in [2.05, 4.69) is 5.32 Å². The Morgan fingerprint density at radius 1 is 0.947 bits per heavy atom. The Hall–Kier alpha value is -3.36. The van der Waals surface area contributed by atoms with Crippen LogP contribution < -0.4 is 9.62 Å². The van der Waals surface area contributed by atoms with Gasteiger partial charge in [0.1, 0.15) is 12.6 Å². The minimum Gasteiger partial charge on any atom is -0.355 e. The van der Waals surface area contributed by atoms with E-state index < -0.39 is 28.5 Å². The number of sulfonamides is 1. The quantitative estimate of drug-likeness (QED) is 0.381. The molecule has 1 unspecified atom stereocenters. The van der Waals surface area contributed by atoms with Gasteiger partial charge in [-0.3, -0.25) is 13.9 Å². The summed E-state index contributed by atoms with van der Waals surface area (Å²) in [4.78, 5) is 28.2. The van der Waals surface area contributed by atoms with Gasteiger partial charge in [-0.25, -0.2) is 8.42 Å². The summed E-state index contributed by atoms with van der Waals surface area (Å²) in [5.41, 5.74) is 3.69. The molecule has 0 saturated carbocycles. The zero-order valence-corrected chi connectivity index (χ0v) is 23.9. The first kappa shape index (κ1) is 29.2. The molecule has 1 atom stereocenters. The maximum absolute atomic E-state index is 13.9. The summed E-state index contributed by atoms with van der Waals surface area (Å²) in [7, 11) is -4.15. The first-order chi connectivity index (χ1) is 17.9. The van der Waals surface area contributed by atoms with Crippen LogP contribution >= 0.6 is 11.6 Å². The first-order valence-corrected chi connectivity index (χ1v) is 14.2. The molecule has 3 aromatic rings. The van der Waals surface area contributed by atoms with Gasteiger partial charge in [-0.05, 0) is 70.0 Å². The molecule has 3 aromatic carbocycles. The van der Waals surface area contributed by atoms with E-state index in [1.807, 2.05) is 38.1 Å². The molecule has 2 amide bonds.